The standard InChI is InChI=1S/C51H43BN2/c1-30-42-24-32-16-9-8-15-31(32)23-34(42)25-43-48(30)53(37-28-35(50(2,3)4)27-36(29-37)51(5,6)7)45-26-33-17-10-11-18-38(33)46-41-21-14-20-40-39-19-12-13-22-44(39)54(49(40)41)52(43)47(45)46/h8-29H,1-7H3. The van der Waals surface area contributed by atoms with E-state index in [1.165, 1.54) is 110 Å². The fourth-order valence-corrected chi connectivity index (χ4v) is 9.83. The summed E-state index contributed by atoms with van der Waals surface area (Å²) >= 11 is 0. The first-order valence-electron chi connectivity index (χ1n) is 19.5. The highest BCUT2D eigenvalue weighted by molar-refractivity contribution is 6.90. The fraction of sp³-hybridized carbons (Fsp3) is 0.176. The number of nitrogens with zero attached hydrogens (tertiary/aromatic N) is 2. The van der Waals surface area contributed by atoms with Crippen molar-refractivity contribution in [2.45, 2.75) is 59.3 Å². The summed E-state index contributed by atoms with van der Waals surface area (Å²) in [5.74, 6) is 0. The van der Waals surface area contributed by atoms with Crippen LogP contribution in [-0.2, 0) is 10.8 Å². The van der Waals surface area contributed by atoms with Crippen LogP contribution in [0.15, 0.2) is 133 Å². The van der Waals surface area contributed by atoms with Crippen LogP contribution in [0.4, 0.5) is 17.1 Å². The van der Waals surface area contributed by atoms with Gasteiger partial charge in [0.05, 0.1) is 0 Å². The highest BCUT2D eigenvalue weighted by atomic mass is 15.2. The number of benzene rings is 8. The molecule has 0 fully saturated rings. The molecule has 3 heterocycles. The van der Waals surface area contributed by atoms with Gasteiger partial charge in [0.2, 0.25) is 0 Å². The zero-order valence-electron chi connectivity index (χ0n) is 32.2. The Hall–Kier alpha value is -5.80. The summed E-state index contributed by atoms with van der Waals surface area (Å²) in [5, 5.41) is 10.4. The van der Waals surface area contributed by atoms with E-state index in [2.05, 4.69) is 191 Å². The minimum atomic E-state index is -0.0219. The van der Waals surface area contributed by atoms with Gasteiger partial charge in [0.15, 0.2) is 0 Å². The van der Waals surface area contributed by atoms with Crippen molar-refractivity contribution in [1.82, 2.24) is 4.48 Å². The minimum Gasteiger partial charge on any atom is -0.375 e. The van der Waals surface area contributed by atoms with E-state index in [-0.39, 0.29) is 17.7 Å². The van der Waals surface area contributed by atoms with Crippen LogP contribution >= 0.6 is 0 Å². The van der Waals surface area contributed by atoms with Crippen molar-refractivity contribution in [3.63, 3.8) is 0 Å². The van der Waals surface area contributed by atoms with E-state index >= 15 is 0 Å². The summed E-state index contributed by atoms with van der Waals surface area (Å²) in [6.07, 6.45) is 0. The number of para-hydroxylation sites is 2. The second-order valence-corrected chi connectivity index (χ2v) is 17.9. The van der Waals surface area contributed by atoms with Crippen LogP contribution < -0.4 is 15.8 Å². The maximum absolute atomic E-state index is 2.69. The molecule has 0 N–H and O–H groups in total. The predicted octanol–water partition coefficient (Wildman–Crippen LogP) is 12.6. The average molecular weight is 695 g/mol. The highest BCUT2D eigenvalue weighted by Gasteiger charge is 2.44. The molecule has 8 aromatic carbocycles. The van der Waals surface area contributed by atoms with Gasteiger partial charge < -0.3 is 9.38 Å². The molecule has 0 spiro atoms. The zero-order chi connectivity index (χ0) is 36.8. The molecule has 3 heteroatoms. The predicted molar refractivity (Wildman–Crippen MR) is 235 cm³/mol. The summed E-state index contributed by atoms with van der Waals surface area (Å²) in [6, 6.07) is 51.2. The van der Waals surface area contributed by atoms with E-state index < -0.39 is 0 Å². The molecule has 0 unspecified atom stereocenters. The van der Waals surface area contributed by atoms with Gasteiger partial charge >= 0.3 is 6.85 Å². The number of hydrogen-bond donors (Lipinski definition) is 0. The number of anilines is 3. The quantitative estimate of drug-likeness (QED) is 0.123. The van der Waals surface area contributed by atoms with Crippen molar-refractivity contribution in [1.29, 1.82) is 0 Å². The third-order valence-electron chi connectivity index (χ3n) is 12.5. The molecular formula is C51H43BN2. The number of rotatable bonds is 1. The molecule has 0 aliphatic carbocycles. The summed E-state index contributed by atoms with van der Waals surface area (Å²) in [5.41, 5.74) is 15.8. The van der Waals surface area contributed by atoms with Crippen LogP contribution in [0.25, 0.3) is 65.3 Å². The van der Waals surface area contributed by atoms with E-state index in [1.54, 1.807) is 0 Å². The Labute approximate surface area is 317 Å². The second-order valence-electron chi connectivity index (χ2n) is 17.9. The van der Waals surface area contributed by atoms with Crippen LogP contribution in [0.5, 0.6) is 0 Å². The normalized spacial score (nSPS) is 13.8. The van der Waals surface area contributed by atoms with Crippen molar-refractivity contribution in [2.24, 2.45) is 0 Å². The number of aryl methyl sites for hydroxylation is 1. The van der Waals surface area contributed by atoms with E-state index in [0.717, 1.165) is 0 Å². The minimum absolute atomic E-state index is 0.00869. The Morgan fingerprint density at radius 1 is 0.519 bits per heavy atom. The van der Waals surface area contributed by atoms with Gasteiger partial charge in [-0.2, -0.15) is 0 Å². The molecule has 2 aliphatic rings. The van der Waals surface area contributed by atoms with Crippen molar-refractivity contribution in [2.75, 3.05) is 4.90 Å². The summed E-state index contributed by atoms with van der Waals surface area (Å²) in [4.78, 5) is 2.66. The molecule has 2 aliphatic heterocycles. The molecule has 54 heavy (non-hydrogen) atoms. The average Bonchev–Trinajstić information content (AvgIpc) is 3.49. The summed E-state index contributed by atoms with van der Waals surface area (Å²) in [7, 11) is 0. The van der Waals surface area contributed by atoms with Gasteiger partial charge in [-0.3, -0.25) is 0 Å². The fourth-order valence-electron chi connectivity index (χ4n) is 9.83. The molecule has 2 nitrogen and oxygen atoms in total. The van der Waals surface area contributed by atoms with Crippen LogP contribution in [0, 0.1) is 6.92 Å². The monoisotopic (exact) mass is 694 g/mol. The molecule has 0 atom stereocenters. The largest absolute Gasteiger partial charge is 0.375 e. The van der Waals surface area contributed by atoms with E-state index in [0.29, 0.717) is 0 Å². The van der Waals surface area contributed by atoms with E-state index in [9.17, 15) is 0 Å². The lowest BCUT2D eigenvalue weighted by Crippen LogP contribution is -2.57. The van der Waals surface area contributed by atoms with E-state index in [4.69, 9.17) is 0 Å². The van der Waals surface area contributed by atoms with Crippen molar-refractivity contribution in [3.05, 3.63) is 150 Å². The Morgan fingerprint density at radius 3 is 1.87 bits per heavy atom. The Morgan fingerprint density at radius 2 is 1.15 bits per heavy atom. The lowest BCUT2D eigenvalue weighted by atomic mass is 9.44. The van der Waals surface area contributed by atoms with E-state index in [1.807, 2.05) is 0 Å². The van der Waals surface area contributed by atoms with Gasteiger partial charge in [-0.25, -0.2) is 0 Å². The van der Waals surface area contributed by atoms with Gasteiger partial charge in [0.25, 0.3) is 0 Å². The Balaban J connectivity index is 1.37. The van der Waals surface area contributed by atoms with Gasteiger partial charge in [-0.05, 0) is 120 Å². The molecule has 0 saturated carbocycles. The van der Waals surface area contributed by atoms with Crippen molar-refractivity contribution >= 4 is 89.0 Å². The lowest BCUT2D eigenvalue weighted by Gasteiger charge is -2.42. The van der Waals surface area contributed by atoms with Crippen LogP contribution in [0.1, 0.15) is 58.2 Å². The molecular weight excluding hydrogens is 651 g/mol. The van der Waals surface area contributed by atoms with Crippen LogP contribution in [-0.4, -0.2) is 11.3 Å². The number of hydrogen-bond acceptors (Lipinski definition) is 1. The third-order valence-corrected chi connectivity index (χ3v) is 12.5. The maximum atomic E-state index is 2.69. The maximum Gasteiger partial charge on any atom is 0.333 e. The van der Waals surface area contributed by atoms with Gasteiger partial charge in [-0.1, -0.05) is 139 Å². The van der Waals surface area contributed by atoms with Gasteiger partial charge in [-0.15, -0.1) is 0 Å². The summed E-state index contributed by atoms with van der Waals surface area (Å²) in [6.45, 7) is 16.4. The molecule has 0 radical (unpaired) electrons. The lowest BCUT2D eigenvalue weighted by molar-refractivity contribution is 0.569. The van der Waals surface area contributed by atoms with Gasteiger partial charge in [0.1, 0.15) is 0 Å². The Kier molecular flexibility index (Phi) is 6.26. The third kappa shape index (κ3) is 4.24. The zero-order valence-corrected chi connectivity index (χ0v) is 32.2. The van der Waals surface area contributed by atoms with Crippen LogP contribution in [0.3, 0.4) is 0 Å². The number of aromatic nitrogens is 1. The SMILES string of the molecule is Cc1c2c(cc3cc4ccccc4cc13)B1c3c(cc4ccccc4c3-c3cccc4c5ccccc5n1c34)N2c1cc(C(C)(C)C)cc(C(C)(C)C)c1. The molecule has 0 bridgehead atoms. The first kappa shape index (κ1) is 31.7. The smallest absolute Gasteiger partial charge is 0.333 e. The molecule has 9 aromatic rings. The highest BCUT2D eigenvalue weighted by Crippen LogP contribution is 2.50. The second kappa shape index (κ2) is 10.7. The van der Waals surface area contributed by atoms with Crippen molar-refractivity contribution in [3.8, 4) is 11.1 Å². The summed E-state index contributed by atoms with van der Waals surface area (Å²) < 4.78 is 2.69. The first-order chi connectivity index (χ1) is 26.0. The molecule has 1 aromatic heterocycles. The number of fused-ring (bicyclic) bond motifs is 11. The molecule has 0 amide bonds. The van der Waals surface area contributed by atoms with Crippen molar-refractivity contribution < 1.29 is 0 Å². The Bertz CT molecular complexity index is 3060. The molecule has 11 rings (SSSR count). The topological polar surface area (TPSA) is 8.17 Å². The molecule has 260 valence electrons. The first-order valence-corrected chi connectivity index (χ1v) is 19.5. The molecule has 0 saturated heterocycles. The van der Waals surface area contributed by atoms with Crippen LogP contribution in [0.2, 0.25) is 0 Å². The van der Waals surface area contributed by atoms with Gasteiger partial charge in [0, 0.05) is 44.4 Å².